The second-order valence-electron chi connectivity index (χ2n) is 14.5. The Balaban J connectivity index is 1.40. The third kappa shape index (κ3) is 5.45. The highest BCUT2D eigenvalue weighted by molar-refractivity contribution is 6.15. The molecule has 0 amide bonds. The van der Waals surface area contributed by atoms with Crippen LogP contribution in [0.25, 0.3) is 66.1 Å². The molecule has 0 spiro atoms. The standard InChI is InChI=1S/C50H39NO/c1-50(2,3)37-31-32-44(42(33-37)35-19-8-5-9-20-35)51(45-28-16-30-47-49(45)41-24-11-13-29-46(41)52-47)43-27-12-10-23-39(43)40-26-15-22-36-21-14-25-38(48(36)40)34-17-6-4-7-18-34/h4-33H,1-3H3. The highest BCUT2D eigenvalue weighted by Gasteiger charge is 2.26. The fourth-order valence-electron chi connectivity index (χ4n) is 7.70. The van der Waals surface area contributed by atoms with Gasteiger partial charge in [0.1, 0.15) is 11.2 Å². The molecule has 52 heavy (non-hydrogen) atoms. The highest BCUT2D eigenvalue weighted by atomic mass is 16.3. The summed E-state index contributed by atoms with van der Waals surface area (Å²) in [6.45, 7) is 6.85. The van der Waals surface area contributed by atoms with E-state index in [4.69, 9.17) is 4.42 Å². The molecule has 0 saturated heterocycles. The van der Waals surface area contributed by atoms with Gasteiger partial charge in [0.05, 0.1) is 22.4 Å². The third-order valence-electron chi connectivity index (χ3n) is 10.2. The van der Waals surface area contributed by atoms with E-state index >= 15 is 0 Å². The minimum Gasteiger partial charge on any atom is -0.456 e. The van der Waals surface area contributed by atoms with Gasteiger partial charge in [0.25, 0.3) is 0 Å². The second kappa shape index (κ2) is 12.7. The third-order valence-corrected chi connectivity index (χ3v) is 10.2. The number of fused-ring (bicyclic) bond motifs is 4. The Bertz CT molecular complexity index is 2710. The van der Waals surface area contributed by atoms with Crippen molar-refractivity contribution in [3.8, 4) is 33.4 Å². The Kier molecular flexibility index (Phi) is 7.74. The van der Waals surface area contributed by atoms with Crippen molar-refractivity contribution in [1.82, 2.24) is 0 Å². The average Bonchev–Trinajstić information content (AvgIpc) is 3.58. The van der Waals surface area contributed by atoms with Gasteiger partial charge in [0.2, 0.25) is 0 Å². The molecule has 1 heterocycles. The van der Waals surface area contributed by atoms with E-state index in [1.165, 1.54) is 44.2 Å². The van der Waals surface area contributed by atoms with Crippen molar-refractivity contribution in [2.24, 2.45) is 0 Å². The summed E-state index contributed by atoms with van der Waals surface area (Å²) in [5.74, 6) is 0. The lowest BCUT2D eigenvalue weighted by Gasteiger charge is -2.32. The Morgan fingerprint density at radius 1 is 0.404 bits per heavy atom. The number of hydrogen-bond acceptors (Lipinski definition) is 2. The SMILES string of the molecule is CC(C)(C)c1ccc(N(c2ccccc2-c2cccc3cccc(-c4ccccc4)c23)c2cccc3oc4ccccc4c23)c(-c2ccccc2)c1. The second-order valence-corrected chi connectivity index (χ2v) is 14.5. The van der Waals surface area contributed by atoms with Gasteiger partial charge in [-0.15, -0.1) is 0 Å². The molecule has 0 saturated carbocycles. The number of rotatable bonds is 6. The Morgan fingerprint density at radius 2 is 0.962 bits per heavy atom. The predicted octanol–water partition coefficient (Wildman–Crippen LogP) is 14.5. The molecule has 0 bridgehead atoms. The van der Waals surface area contributed by atoms with Gasteiger partial charge in [0, 0.05) is 16.5 Å². The van der Waals surface area contributed by atoms with Crippen LogP contribution in [0.3, 0.4) is 0 Å². The Hall–Kier alpha value is -6.38. The summed E-state index contributed by atoms with van der Waals surface area (Å²) < 4.78 is 6.50. The average molecular weight is 670 g/mol. The molecule has 0 aliphatic carbocycles. The summed E-state index contributed by atoms with van der Waals surface area (Å²) in [6, 6.07) is 65.6. The normalized spacial score (nSPS) is 11.8. The molecular weight excluding hydrogens is 631 g/mol. The van der Waals surface area contributed by atoms with E-state index in [1.54, 1.807) is 0 Å². The molecule has 1 aromatic heterocycles. The summed E-state index contributed by atoms with van der Waals surface area (Å²) in [7, 11) is 0. The van der Waals surface area contributed by atoms with Gasteiger partial charge in [-0.25, -0.2) is 0 Å². The smallest absolute Gasteiger partial charge is 0.137 e. The van der Waals surface area contributed by atoms with E-state index in [9.17, 15) is 0 Å². The van der Waals surface area contributed by atoms with E-state index in [1.807, 2.05) is 6.07 Å². The number of anilines is 3. The maximum atomic E-state index is 6.50. The molecule has 2 nitrogen and oxygen atoms in total. The summed E-state index contributed by atoms with van der Waals surface area (Å²) in [6.07, 6.45) is 0. The summed E-state index contributed by atoms with van der Waals surface area (Å²) in [5, 5.41) is 4.64. The lowest BCUT2D eigenvalue weighted by atomic mass is 9.84. The molecule has 2 heteroatoms. The zero-order chi connectivity index (χ0) is 35.2. The lowest BCUT2D eigenvalue weighted by Crippen LogP contribution is -2.15. The van der Waals surface area contributed by atoms with Crippen molar-refractivity contribution in [1.29, 1.82) is 0 Å². The molecule has 0 unspecified atom stereocenters. The van der Waals surface area contributed by atoms with Crippen LogP contribution in [0.2, 0.25) is 0 Å². The maximum Gasteiger partial charge on any atom is 0.137 e. The Morgan fingerprint density at radius 3 is 1.71 bits per heavy atom. The van der Waals surface area contributed by atoms with Crippen molar-refractivity contribution >= 4 is 49.8 Å². The first kappa shape index (κ1) is 31.6. The molecule has 0 aliphatic heterocycles. The van der Waals surface area contributed by atoms with Gasteiger partial charge in [-0.1, -0.05) is 166 Å². The van der Waals surface area contributed by atoms with E-state index in [2.05, 4.69) is 202 Å². The summed E-state index contributed by atoms with van der Waals surface area (Å²) in [5.41, 5.74) is 13.4. The molecule has 250 valence electrons. The van der Waals surface area contributed by atoms with Crippen LogP contribution >= 0.6 is 0 Å². The van der Waals surface area contributed by atoms with Gasteiger partial charge in [-0.3, -0.25) is 0 Å². The quantitative estimate of drug-likeness (QED) is 0.175. The van der Waals surface area contributed by atoms with Crippen molar-refractivity contribution in [3.63, 3.8) is 0 Å². The number of furan rings is 1. The van der Waals surface area contributed by atoms with Gasteiger partial charge in [0.15, 0.2) is 0 Å². The van der Waals surface area contributed by atoms with E-state index in [0.717, 1.165) is 44.6 Å². The van der Waals surface area contributed by atoms with Gasteiger partial charge in [-0.2, -0.15) is 0 Å². The molecule has 0 fully saturated rings. The monoisotopic (exact) mass is 669 g/mol. The van der Waals surface area contributed by atoms with Crippen LogP contribution in [-0.2, 0) is 5.41 Å². The van der Waals surface area contributed by atoms with E-state index in [-0.39, 0.29) is 5.41 Å². The van der Waals surface area contributed by atoms with Crippen LogP contribution in [0.1, 0.15) is 26.3 Å². The van der Waals surface area contributed by atoms with E-state index < -0.39 is 0 Å². The minimum absolute atomic E-state index is 0.0254. The largest absolute Gasteiger partial charge is 0.456 e. The van der Waals surface area contributed by atoms with Crippen LogP contribution in [0.15, 0.2) is 186 Å². The zero-order valence-electron chi connectivity index (χ0n) is 29.7. The van der Waals surface area contributed by atoms with Crippen molar-refractivity contribution < 1.29 is 4.42 Å². The van der Waals surface area contributed by atoms with Crippen LogP contribution in [0.4, 0.5) is 17.1 Å². The predicted molar refractivity (Wildman–Crippen MR) is 221 cm³/mol. The van der Waals surface area contributed by atoms with Gasteiger partial charge in [-0.05, 0) is 80.4 Å². The molecule has 0 radical (unpaired) electrons. The fourth-order valence-corrected chi connectivity index (χ4v) is 7.70. The maximum absolute atomic E-state index is 6.50. The van der Waals surface area contributed by atoms with Crippen molar-refractivity contribution in [2.75, 3.05) is 4.90 Å². The van der Waals surface area contributed by atoms with Crippen molar-refractivity contribution in [2.45, 2.75) is 26.2 Å². The van der Waals surface area contributed by atoms with Crippen LogP contribution < -0.4 is 4.90 Å². The molecule has 0 atom stereocenters. The summed E-state index contributed by atoms with van der Waals surface area (Å²) in [4.78, 5) is 2.47. The number of para-hydroxylation sites is 2. The van der Waals surface area contributed by atoms with Crippen LogP contribution in [0.5, 0.6) is 0 Å². The topological polar surface area (TPSA) is 16.4 Å². The van der Waals surface area contributed by atoms with Gasteiger partial charge < -0.3 is 9.32 Å². The zero-order valence-corrected chi connectivity index (χ0v) is 29.7. The highest BCUT2D eigenvalue weighted by Crippen LogP contribution is 2.50. The van der Waals surface area contributed by atoms with Gasteiger partial charge >= 0.3 is 0 Å². The fraction of sp³-hybridized carbons (Fsp3) is 0.0800. The Labute approximate surface area is 305 Å². The lowest BCUT2D eigenvalue weighted by molar-refractivity contribution is 0.590. The van der Waals surface area contributed by atoms with E-state index in [0.29, 0.717) is 0 Å². The number of nitrogens with zero attached hydrogens (tertiary/aromatic N) is 1. The van der Waals surface area contributed by atoms with Crippen LogP contribution in [-0.4, -0.2) is 0 Å². The van der Waals surface area contributed by atoms with Crippen LogP contribution in [0, 0.1) is 0 Å². The number of benzene rings is 8. The van der Waals surface area contributed by atoms with Crippen molar-refractivity contribution in [3.05, 3.63) is 188 Å². The molecular formula is C50H39NO. The first-order valence-electron chi connectivity index (χ1n) is 18.0. The molecule has 9 rings (SSSR count). The molecule has 0 aliphatic rings. The minimum atomic E-state index is -0.0254. The molecule has 0 N–H and O–H groups in total. The molecule has 8 aromatic carbocycles. The summed E-state index contributed by atoms with van der Waals surface area (Å²) >= 11 is 0. The molecule has 9 aromatic rings. The first-order chi connectivity index (χ1) is 25.5. The number of hydrogen-bond donors (Lipinski definition) is 0. The first-order valence-corrected chi connectivity index (χ1v) is 18.0.